The van der Waals surface area contributed by atoms with E-state index >= 15 is 0 Å². The maximum atomic E-state index is 12.1. The number of likely N-dealkylation sites (N-methyl/N-ethyl adjacent to an activating group) is 1. The van der Waals surface area contributed by atoms with Crippen LogP contribution in [0.2, 0.25) is 0 Å². The van der Waals surface area contributed by atoms with Gasteiger partial charge in [-0.1, -0.05) is 36.3 Å². The fourth-order valence-corrected chi connectivity index (χ4v) is 3.41. The van der Waals surface area contributed by atoms with Gasteiger partial charge in [0.25, 0.3) is 5.91 Å². The summed E-state index contributed by atoms with van der Waals surface area (Å²) in [7, 11) is 0. The number of carbonyl (C=O) groups is 1. The molecule has 1 fully saturated rings. The predicted molar refractivity (Wildman–Crippen MR) is 113 cm³/mol. The van der Waals surface area contributed by atoms with Crippen molar-refractivity contribution in [1.82, 2.24) is 24.8 Å². The van der Waals surface area contributed by atoms with Gasteiger partial charge in [-0.15, -0.1) is 0 Å². The molecule has 0 radical (unpaired) electrons. The minimum absolute atomic E-state index is 0.0278. The molecule has 4 rings (SSSR count). The second-order valence-electron chi connectivity index (χ2n) is 7.16. The van der Waals surface area contributed by atoms with E-state index in [9.17, 15) is 20.1 Å². The Morgan fingerprint density at radius 1 is 1.28 bits per heavy atom. The lowest BCUT2D eigenvalue weighted by Gasteiger charge is -2.16. The molecule has 1 amide bonds. The molecule has 6 N–H and O–H groups in total. The largest absolute Gasteiger partial charge is 0.387 e. The van der Waals surface area contributed by atoms with Gasteiger partial charge >= 0.3 is 0 Å². The number of benzene rings is 1. The number of hydrogen-bond acceptors (Lipinski definition) is 9. The molecule has 1 aliphatic heterocycles. The Morgan fingerprint density at radius 3 is 2.75 bits per heavy atom. The van der Waals surface area contributed by atoms with Crippen molar-refractivity contribution < 1.29 is 24.9 Å². The van der Waals surface area contributed by atoms with E-state index in [1.807, 2.05) is 6.07 Å². The number of carbonyl (C=O) groups excluding carboxylic acids is 1. The average molecular weight is 438 g/mol. The minimum atomic E-state index is -1.44. The van der Waals surface area contributed by atoms with Gasteiger partial charge in [-0.25, -0.2) is 15.0 Å². The number of nitrogens with one attached hydrogen (secondary N) is 1. The Bertz CT molecular complexity index is 1190. The maximum absolute atomic E-state index is 12.1. The van der Waals surface area contributed by atoms with Gasteiger partial charge in [0.2, 0.25) is 5.82 Å². The number of nitrogens with zero attached hydrogens (tertiary/aromatic N) is 4. The maximum Gasteiger partial charge on any atom is 0.252 e. The number of rotatable bonds is 4. The quantitative estimate of drug-likeness (QED) is 0.329. The first-order valence-electron chi connectivity index (χ1n) is 9.94. The van der Waals surface area contributed by atoms with Crippen LogP contribution in [0.4, 0.5) is 5.82 Å². The zero-order valence-electron chi connectivity index (χ0n) is 17.1. The third kappa shape index (κ3) is 4.00. The molecular weight excluding hydrogens is 416 g/mol. The summed E-state index contributed by atoms with van der Waals surface area (Å²) in [5.41, 5.74) is 7.05. The number of hydrogen-bond donors (Lipinski definition) is 5. The second kappa shape index (κ2) is 8.89. The number of amides is 1. The van der Waals surface area contributed by atoms with Crippen molar-refractivity contribution in [3.63, 3.8) is 0 Å². The van der Waals surface area contributed by atoms with Gasteiger partial charge in [0.15, 0.2) is 23.8 Å². The van der Waals surface area contributed by atoms with Crippen LogP contribution >= 0.6 is 0 Å². The number of imidazole rings is 1. The van der Waals surface area contributed by atoms with Gasteiger partial charge in [0, 0.05) is 6.54 Å². The monoisotopic (exact) mass is 438 g/mol. The Balaban J connectivity index is 1.66. The van der Waals surface area contributed by atoms with Crippen molar-refractivity contribution in [3.8, 4) is 11.8 Å². The van der Waals surface area contributed by atoms with E-state index in [0.717, 1.165) is 0 Å². The number of ether oxygens (including phenoxy) is 1. The van der Waals surface area contributed by atoms with Crippen molar-refractivity contribution in [2.24, 2.45) is 0 Å². The van der Waals surface area contributed by atoms with E-state index in [1.54, 1.807) is 31.2 Å². The van der Waals surface area contributed by atoms with E-state index < -0.39 is 36.6 Å². The molecule has 0 unspecified atom stereocenters. The highest BCUT2D eigenvalue weighted by atomic mass is 16.6. The first-order valence-corrected chi connectivity index (χ1v) is 9.94. The molecule has 1 aliphatic rings. The van der Waals surface area contributed by atoms with Gasteiger partial charge < -0.3 is 31.1 Å². The van der Waals surface area contributed by atoms with Crippen molar-refractivity contribution in [2.45, 2.75) is 37.6 Å². The fourth-order valence-electron chi connectivity index (χ4n) is 3.41. The molecule has 3 aromatic rings. The van der Waals surface area contributed by atoms with Crippen LogP contribution in [-0.4, -0.2) is 65.6 Å². The molecule has 166 valence electrons. The number of fused-ring (bicyclic) bond motifs is 1. The van der Waals surface area contributed by atoms with Gasteiger partial charge in [-0.3, -0.25) is 9.36 Å². The van der Waals surface area contributed by atoms with Gasteiger partial charge in [0.1, 0.15) is 23.8 Å². The van der Waals surface area contributed by atoms with E-state index in [4.69, 9.17) is 10.5 Å². The first kappa shape index (κ1) is 21.7. The molecule has 11 heteroatoms. The Labute approximate surface area is 182 Å². The Kier molecular flexibility index (Phi) is 6.02. The summed E-state index contributed by atoms with van der Waals surface area (Å²) in [5, 5.41) is 33.6. The predicted octanol–water partition coefficient (Wildman–Crippen LogP) is -0.751. The van der Waals surface area contributed by atoms with Crippen LogP contribution in [0.15, 0.2) is 36.7 Å². The van der Waals surface area contributed by atoms with E-state index in [1.165, 1.54) is 10.9 Å². The summed E-state index contributed by atoms with van der Waals surface area (Å²) >= 11 is 0. The average Bonchev–Trinajstić information content (AvgIpc) is 3.34. The Hall–Kier alpha value is -3.56. The minimum Gasteiger partial charge on any atom is -0.387 e. The number of nitrogen functional groups attached to an aromatic ring is 1. The lowest BCUT2D eigenvalue weighted by molar-refractivity contribution is -0.137. The summed E-state index contributed by atoms with van der Waals surface area (Å²) in [5.74, 6) is 4.88. The van der Waals surface area contributed by atoms with E-state index in [0.29, 0.717) is 12.1 Å². The topological polar surface area (TPSA) is 169 Å². The fraction of sp³-hybridized carbons (Fsp3) is 0.333. The summed E-state index contributed by atoms with van der Waals surface area (Å²) < 4.78 is 6.98. The highest BCUT2D eigenvalue weighted by Gasteiger charge is 2.47. The van der Waals surface area contributed by atoms with Crippen LogP contribution < -0.4 is 11.1 Å². The van der Waals surface area contributed by atoms with Crippen LogP contribution in [-0.2, 0) is 9.53 Å². The summed E-state index contributed by atoms with van der Waals surface area (Å²) in [4.78, 5) is 24.7. The third-order valence-corrected chi connectivity index (χ3v) is 5.01. The zero-order chi connectivity index (χ0) is 22.8. The van der Waals surface area contributed by atoms with Crippen LogP contribution in [0.25, 0.3) is 11.2 Å². The van der Waals surface area contributed by atoms with Crippen LogP contribution in [0.3, 0.4) is 0 Å². The number of aliphatic hydroxyl groups is 3. The van der Waals surface area contributed by atoms with Crippen LogP contribution in [0.5, 0.6) is 0 Å². The molecule has 3 heterocycles. The highest BCUT2D eigenvalue weighted by Crippen LogP contribution is 2.32. The van der Waals surface area contributed by atoms with Gasteiger partial charge in [-0.05, 0) is 18.4 Å². The lowest BCUT2D eigenvalue weighted by Crippen LogP contribution is -2.42. The van der Waals surface area contributed by atoms with Crippen LogP contribution in [0, 0.1) is 11.8 Å². The van der Waals surface area contributed by atoms with Crippen LogP contribution in [0.1, 0.15) is 30.6 Å². The van der Waals surface area contributed by atoms with Crippen molar-refractivity contribution in [3.05, 3.63) is 48.0 Å². The molecule has 0 spiro atoms. The summed E-state index contributed by atoms with van der Waals surface area (Å²) in [6, 6.07) is 8.88. The molecule has 0 saturated carbocycles. The summed E-state index contributed by atoms with van der Waals surface area (Å²) in [6.45, 7) is 2.08. The van der Waals surface area contributed by atoms with Crippen molar-refractivity contribution >= 4 is 22.9 Å². The molecule has 1 saturated heterocycles. The van der Waals surface area contributed by atoms with Crippen molar-refractivity contribution in [2.75, 3.05) is 12.3 Å². The van der Waals surface area contributed by atoms with E-state index in [2.05, 4.69) is 32.1 Å². The molecule has 32 heavy (non-hydrogen) atoms. The molecule has 0 aliphatic carbocycles. The molecule has 5 atom stereocenters. The molecule has 11 nitrogen and oxygen atoms in total. The number of nitrogens with two attached hydrogens (primary N) is 1. The van der Waals surface area contributed by atoms with Gasteiger partial charge in [0.05, 0.1) is 6.33 Å². The first-order chi connectivity index (χ1) is 15.4. The number of aromatic nitrogens is 4. The lowest BCUT2D eigenvalue weighted by atomic mass is 10.1. The Morgan fingerprint density at radius 2 is 2.03 bits per heavy atom. The van der Waals surface area contributed by atoms with Gasteiger partial charge in [-0.2, -0.15) is 0 Å². The molecular formula is C21H22N6O5. The molecule has 1 aromatic carbocycles. The smallest absolute Gasteiger partial charge is 0.252 e. The molecule has 0 bridgehead atoms. The highest BCUT2D eigenvalue weighted by molar-refractivity contribution is 5.83. The third-order valence-electron chi connectivity index (χ3n) is 5.01. The van der Waals surface area contributed by atoms with Crippen molar-refractivity contribution in [1.29, 1.82) is 0 Å². The SMILES string of the molecule is CCNC(=O)[C@H]1O[C@@H](n2cnc3c(N)nc(C#C[C@H](O)c4ccccc4)nc32)[C@H](O)[C@@H]1O. The molecule has 2 aromatic heterocycles. The second-order valence-corrected chi connectivity index (χ2v) is 7.16. The number of anilines is 1. The van der Waals surface area contributed by atoms with E-state index in [-0.39, 0.29) is 22.8 Å². The normalized spacial score (nSPS) is 23.5. The standard InChI is InChI=1S/C21H22N6O5/c1-2-23-20(31)17-15(29)16(30)21(32-17)27-10-24-14-18(22)25-13(26-19(14)27)9-8-12(28)11-6-4-3-5-7-11/h3-7,10,12,15-17,21,28-30H,2H2,1H3,(H,23,31)(H2,22,25,26)/t12-,15-,16+,17-,21+/m0/s1. The summed E-state index contributed by atoms with van der Waals surface area (Å²) in [6.07, 6.45) is -4.96. The number of aliphatic hydroxyl groups excluding tert-OH is 3. The zero-order valence-corrected chi connectivity index (χ0v) is 17.1.